The third kappa shape index (κ3) is 2.94. The average molecular weight is 348 g/mol. The van der Waals surface area contributed by atoms with Crippen molar-refractivity contribution in [3.63, 3.8) is 0 Å². The molecule has 0 aliphatic rings. The number of hydrogen-bond acceptors (Lipinski definition) is 4. The molecule has 6 nitrogen and oxygen atoms in total. The van der Waals surface area contributed by atoms with Crippen LogP contribution in [0.25, 0.3) is 22.0 Å². The van der Waals surface area contributed by atoms with Gasteiger partial charge in [-0.05, 0) is 43.9 Å². The Morgan fingerprint density at radius 2 is 2.08 bits per heavy atom. The van der Waals surface area contributed by atoms with E-state index in [1.54, 1.807) is 6.07 Å². The Labute approximate surface area is 150 Å². The number of para-hydroxylation sites is 1. The highest BCUT2D eigenvalue weighted by molar-refractivity contribution is 6.06. The van der Waals surface area contributed by atoms with Crippen molar-refractivity contribution >= 4 is 27.9 Å². The van der Waals surface area contributed by atoms with Crippen LogP contribution < -0.4 is 5.32 Å². The summed E-state index contributed by atoms with van der Waals surface area (Å²) in [5.74, 6) is -0.121. The van der Waals surface area contributed by atoms with Crippen LogP contribution in [-0.2, 0) is 6.54 Å². The highest BCUT2D eigenvalue weighted by Crippen LogP contribution is 2.21. The van der Waals surface area contributed by atoms with Crippen molar-refractivity contribution in [1.82, 2.24) is 20.0 Å². The zero-order chi connectivity index (χ0) is 18.1. The first-order valence-electron chi connectivity index (χ1n) is 8.69. The molecule has 0 radical (unpaired) electrons. The molecule has 0 saturated heterocycles. The van der Waals surface area contributed by atoms with Gasteiger partial charge in [0.05, 0.1) is 16.6 Å². The summed E-state index contributed by atoms with van der Waals surface area (Å²) < 4.78 is 7.40. The molecule has 132 valence electrons. The van der Waals surface area contributed by atoms with Crippen LogP contribution >= 0.6 is 0 Å². The maximum Gasteiger partial charge on any atom is 0.258 e. The molecule has 0 aliphatic carbocycles. The molecule has 6 heteroatoms. The second-order valence-electron chi connectivity index (χ2n) is 6.44. The number of benzene rings is 1. The molecule has 0 unspecified atom stereocenters. The number of aryl methyl sites for hydroxylation is 3. The SMILES string of the molecule is Cc1cc(C(=O)NCCCn2ccc3ccccc32)c2c(C)noc2n1. The minimum atomic E-state index is -0.121. The molecule has 1 N–H and O–H groups in total. The van der Waals surface area contributed by atoms with Crippen LogP contribution in [0.2, 0.25) is 0 Å². The fourth-order valence-electron chi connectivity index (χ4n) is 3.28. The van der Waals surface area contributed by atoms with Crippen LogP contribution in [0.3, 0.4) is 0 Å². The Morgan fingerprint density at radius 1 is 1.23 bits per heavy atom. The van der Waals surface area contributed by atoms with Gasteiger partial charge in [0.15, 0.2) is 0 Å². The number of nitrogens with one attached hydrogen (secondary N) is 1. The minimum Gasteiger partial charge on any atom is -0.352 e. The van der Waals surface area contributed by atoms with E-state index in [2.05, 4.69) is 44.4 Å². The smallest absolute Gasteiger partial charge is 0.258 e. The number of rotatable bonds is 5. The van der Waals surface area contributed by atoms with Crippen LogP contribution in [0.1, 0.15) is 28.2 Å². The van der Waals surface area contributed by atoms with Crippen molar-refractivity contribution in [2.75, 3.05) is 6.54 Å². The van der Waals surface area contributed by atoms with E-state index in [-0.39, 0.29) is 5.91 Å². The molecule has 1 aromatic carbocycles. The molecule has 3 heterocycles. The van der Waals surface area contributed by atoms with Gasteiger partial charge < -0.3 is 14.4 Å². The molecule has 4 aromatic rings. The topological polar surface area (TPSA) is 73.0 Å². The molecule has 0 saturated carbocycles. The van der Waals surface area contributed by atoms with Gasteiger partial charge in [0, 0.05) is 30.5 Å². The lowest BCUT2D eigenvalue weighted by Crippen LogP contribution is -2.25. The number of carbonyl (C=O) groups excluding carboxylic acids is 1. The number of nitrogens with zero attached hydrogens (tertiary/aromatic N) is 3. The van der Waals surface area contributed by atoms with Gasteiger partial charge in [-0.1, -0.05) is 23.4 Å². The fraction of sp³-hybridized carbons (Fsp3) is 0.250. The van der Waals surface area contributed by atoms with Gasteiger partial charge in [-0.2, -0.15) is 0 Å². The second-order valence-corrected chi connectivity index (χ2v) is 6.44. The van der Waals surface area contributed by atoms with Gasteiger partial charge in [-0.3, -0.25) is 4.79 Å². The summed E-state index contributed by atoms with van der Waals surface area (Å²) in [7, 11) is 0. The van der Waals surface area contributed by atoms with E-state index in [0.717, 1.165) is 18.7 Å². The summed E-state index contributed by atoms with van der Waals surface area (Å²) in [5.41, 5.74) is 3.60. The molecule has 0 bridgehead atoms. The van der Waals surface area contributed by atoms with Gasteiger partial charge in [-0.15, -0.1) is 0 Å². The highest BCUT2D eigenvalue weighted by Gasteiger charge is 2.17. The Bertz CT molecular complexity index is 1090. The Balaban J connectivity index is 1.42. The number of aromatic nitrogens is 3. The first kappa shape index (κ1) is 16.3. The predicted molar refractivity (Wildman–Crippen MR) is 100 cm³/mol. The van der Waals surface area contributed by atoms with E-state index in [0.29, 0.717) is 28.9 Å². The largest absolute Gasteiger partial charge is 0.352 e. The normalized spacial score (nSPS) is 11.3. The number of carbonyl (C=O) groups is 1. The van der Waals surface area contributed by atoms with Crippen LogP contribution in [0.4, 0.5) is 0 Å². The molecule has 0 atom stereocenters. The lowest BCUT2D eigenvalue weighted by atomic mass is 10.1. The second kappa shape index (κ2) is 6.63. The quantitative estimate of drug-likeness (QED) is 0.559. The molecule has 3 aromatic heterocycles. The number of fused-ring (bicyclic) bond motifs is 2. The van der Waals surface area contributed by atoms with Gasteiger partial charge in [0.25, 0.3) is 11.6 Å². The maximum atomic E-state index is 12.6. The maximum absolute atomic E-state index is 12.6. The van der Waals surface area contributed by atoms with E-state index in [9.17, 15) is 4.79 Å². The molecular formula is C20H20N4O2. The number of amides is 1. The summed E-state index contributed by atoms with van der Waals surface area (Å²) >= 11 is 0. The molecular weight excluding hydrogens is 328 g/mol. The zero-order valence-corrected chi connectivity index (χ0v) is 14.8. The summed E-state index contributed by atoms with van der Waals surface area (Å²) in [6, 6.07) is 12.2. The molecule has 1 amide bonds. The third-order valence-electron chi connectivity index (χ3n) is 4.53. The van der Waals surface area contributed by atoms with E-state index in [1.165, 1.54) is 10.9 Å². The number of hydrogen-bond donors (Lipinski definition) is 1. The Morgan fingerprint density at radius 3 is 2.96 bits per heavy atom. The van der Waals surface area contributed by atoms with Crippen molar-refractivity contribution in [3.05, 3.63) is 59.5 Å². The van der Waals surface area contributed by atoms with Gasteiger partial charge in [-0.25, -0.2) is 4.98 Å². The lowest BCUT2D eigenvalue weighted by molar-refractivity contribution is 0.0954. The molecule has 4 rings (SSSR count). The van der Waals surface area contributed by atoms with Crippen molar-refractivity contribution in [1.29, 1.82) is 0 Å². The standard InChI is InChI=1S/C20H20N4O2/c1-13-12-16(18-14(2)23-26-20(18)22-13)19(25)21-9-5-10-24-11-8-15-6-3-4-7-17(15)24/h3-4,6-8,11-12H,5,9-10H2,1-2H3,(H,21,25). The highest BCUT2D eigenvalue weighted by atomic mass is 16.5. The first-order valence-corrected chi connectivity index (χ1v) is 8.69. The number of pyridine rings is 1. The molecule has 26 heavy (non-hydrogen) atoms. The van der Waals surface area contributed by atoms with Crippen molar-refractivity contribution < 1.29 is 9.32 Å². The minimum absolute atomic E-state index is 0.121. The van der Waals surface area contributed by atoms with Gasteiger partial charge >= 0.3 is 0 Å². The molecule has 0 aliphatic heterocycles. The van der Waals surface area contributed by atoms with E-state index >= 15 is 0 Å². The summed E-state index contributed by atoms with van der Waals surface area (Å²) in [4.78, 5) is 16.9. The summed E-state index contributed by atoms with van der Waals surface area (Å²) in [6.45, 7) is 5.10. The van der Waals surface area contributed by atoms with Crippen LogP contribution in [-0.4, -0.2) is 27.2 Å². The van der Waals surface area contributed by atoms with Crippen LogP contribution in [0.5, 0.6) is 0 Å². The van der Waals surface area contributed by atoms with E-state index in [4.69, 9.17) is 4.52 Å². The van der Waals surface area contributed by atoms with Crippen molar-refractivity contribution in [3.8, 4) is 0 Å². The van der Waals surface area contributed by atoms with Gasteiger partial charge in [0.2, 0.25) is 0 Å². The Kier molecular flexibility index (Phi) is 4.16. The summed E-state index contributed by atoms with van der Waals surface area (Å²) in [6.07, 6.45) is 2.93. The zero-order valence-electron chi connectivity index (χ0n) is 14.8. The summed E-state index contributed by atoms with van der Waals surface area (Å²) in [5, 5.41) is 8.83. The van der Waals surface area contributed by atoms with Crippen molar-refractivity contribution in [2.45, 2.75) is 26.8 Å². The predicted octanol–water partition coefficient (Wildman–Crippen LogP) is 3.61. The third-order valence-corrected chi connectivity index (χ3v) is 4.53. The van der Waals surface area contributed by atoms with E-state index < -0.39 is 0 Å². The van der Waals surface area contributed by atoms with Crippen LogP contribution in [0.15, 0.2) is 47.1 Å². The monoisotopic (exact) mass is 348 g/mol. The molecule has 0 spiro atoms. The van der Waals surface area contributed by atoms with E-state index in [1.807, 2.05) is 26.0 Å². The average Bonchev–Trinajstić information content (AvgIpc) is 3.22. The lowest BCUT2D eigenvalue weighted by Gasteiger charge is -2.08. The Hall–Kier alpha value is -3.15. The molecule has 0 fully saturated rings. The fourth-order valence-corrected chi connectivity index (χ4v) is 3.28. The first-order chi connectivity index (χ1) is 12.6. The van der Waals surface area contributed by atoms with Gasteiger partial charge in [0.1, 0.15) is 0 Å². The van der Waals surface area contributed by atoms with Crippen LogP contribution in [0, 0.1) is 13.8 Å². The van der Waals surface area contributed by atoms with Crippen molar-refractivity contribution in [2.24, 2.45) is 0 Å².